The fraction of sp³-hybridized carbons (Fsp3) is 0. The Kier molecular flexibility index (Phi) is 8.16. The third-order valence-corrected chi connectivity index (χ3v) is 16.6. The van der Waals surface area contributed by atoms with E-state index in [9.17, 15) is 0 Å². The van der Waals surface area contributed by atoms with E-state index in [1.165, 1.54) is 43.2 Å². The van der Waals surface area contributed by atoms with Crippen LogP contribution in [-0.4, -0.2) is 8.07 Å². The minimum Gasteiger partial charge on any atom is -0.456 e. The number of hydrogen-bond acceptors (Lipinski definition) is 3. The molecule has 0 bridgehead atoms. The Morgan fingerprint density at radius 2 is 0.948 bits per heavy atom. The summed E-state index contributed by atoms with van der Waals surface area (Å²) in [4.78, 5) is 4.90. The van der Waals surface area contributed by atoms with Gasteiger partial charge in [0.15, 0.2) is 8.07 Å². The number of para-hydroxylation sites is 3. The van der Waals surface area contributed by atoms with Gasteiger partial charge in [0, 0.05) is 33.8 Å². The summed E-state index contributed by atoms with van der Waals surface area (Å²) in [5, 5.41) is 7.63. The molecule has 0 N–H and O–H groups in total. The molecule has 1 aromatic heterocycles. The van der Waals surface area contributed by atoms with Gasteiger partial charge < -0.3 is 14.2 Å². The molecule has 0 radical (unpaired) electrons. The third-order valence-electron chi connectivity index (χ3n) is 11.7. The molecule has 0 unspecified atom stereocenters. The maximum absolute atomic E-state index is 6.49. The van der Waals surface area contributed by atoms with Crippen LogP contribution in [0.25, 0.3) is 33.1 Å². The molecule has 9 aromatic carbocycles. The van der Waals surface area contributed by atoms with E-state index in [1.807, 2.05) is 6.07 Å². The van der Waals surface area contributed by atoms with Crippen molar-refractivity contribution in [1.82, 2.24) is 0 Å². The van der Waals surface area contributed by atoms with Gasteiger partial charge >= 0.3 is 0 Å². The van der Waals surface area contributed by atoms with E-state index in [2.05, 4.69) is 234 Å². The number of benzene rings is 9. The largest absolute Gasteiger partial charge is 0.456 e. The molecule has 1 aliphatic rings. The third kappa shape index (κ3) is 5.34. The van der Waals surface area contributed by atoms with E-state index >= 15 is 0 Å². The highest BCUT2D eigenvalue weighted by Crippen LogP contribution is 2.46. The minimum absolute atomic E-state index is 0.863. The molecule has 0 amide bonds. The van der Waals surface area contributed by atoms with Crippen molar-refractivity contribution in [1.29, 1.82) is 0 Å². The van der Waals surface area contributed by atoms with Crippen LogP contribution in [0.5, 0.6) is 0 Å². The van der Waals surface area contributed by atoms with Crippen LogP contribution in [0.3, 0.4) is 0 Å². The molecule has 0 fully saturated rings. The van der Waals surface area contributed by atoms with Gasteiger partial charge in [-0.05, 0) is 92.5 Å². The summed E-state index contributed by atoms with van der Waals surface area (Å²) in [6.07, 6.45) is 0. The maximum atomic E-state index is 6.49. The van der Waals surface area contributed by atoms with E-state index < -0.39 is 8.07 Å². The quantitative estimate of drug-likeness (QED) is 0.151. The van der Waals surface area contributed by atoms with Crippen LogP contribution >= 0.6 is 0 Å². The molecule has 0 atom stereocenters. The van der Waals surface area contributed by atoms with Crippen LogP contribution < -0.4 is 30.5 Å². The van der Waals surface area contributed by atoms with Gasteiger partial charge in [0.05, 0.1) is 11.1 Å². The van der Waals surface area contributed by atoms with Crippen LogP contribution in [0.4, 0.5) is 34.1 Å². The molecule has 0 saturated heterocycles. The van der Waals surface area contributed by atoms with Gasteiger partial charge in [0.25, 0.3) is 0 Å². The SMILES string of the molecule is c1ccc(-c2ccc(N(c3ccc4c(c3)N(c3ccccc3)c3ccccc3[Si]4(c3ccccc3)c3ccccc3)c3cccc4oc5ccccc5c34)cc2)cc1. The lowest BCUT2D eigenvalue weighted by Gasteiger charge is -2.45. The van der Waals surface area contributed by atoms with Crippen molar-refractivity contribution >= 4 is 84.9 Å². The molecule has 1 aliphatic heterocycles. The highest BCUT2D eigenvalue weighted by Gasteiger charge is 2.49. The normalized spacial score (nSPS) is 12.9. The molecular formula is C54H38N2OSi. The van der Waals surface area contributed by atoms with Gasteiger partial charge in [-0.15, -0.1) is 0 Å². The molecule has 2 heterocycles. The van der Waals surface area contributed by atoms with E-state index in [1.54, 1.807) is 0 Å². The molecular weight excluding hydrogens is 721 g/mol. The Balaban J connectivity index is 1.22. The first-order valence-corrected chi connectivity index (χ1v) is 21.9. The fourth-order valence-electron chi connectivity index (χ4n) is 9.25. The van der Waals surface area contributed by atoms with Crippen molar-refractivity contribution < 1.29 is 4.42 Å². The molecule has 4 heteroatoms. The summed E-state index contributed by atoms with van der Waals surface area (Å²) in [6, 6.07) is 83.9. The lowest BCUT2D eigenvalue weighted by molar-refractivity contribution is 0.669. The van der Waals surface area contributed by atoms with E-state index in [4.69, 9.17) is 4.42 Å². The predicted molar refractivity (Wildman–Crippen MR) is 246 cm³/mol. The van der Waals surface area contributed by atoms with Gasteiger partial charge in [-0.3, -0.25) is 0 Å². The first-order valence-electron chi connectivity index (χ1n) is 19.9. The summed E-state index contributed by atoms with van der Waals surface area (Å²) in [5.41, 5.74) is 10.8. The Hall–Kier alpha value is -7.40. The lowest BCUT2D eigenvalue weighted by Crippen LogP contribution is -2.77. The van der Waals surface area contributed by atoms with Gasteiger partial charge in [0.1, 0.15) is 11.2 Å². The Morgan fingerprint density at radius 3 is 1.67 bits per heavy atom. The van der Waals surface area contributed by atoms with Gasteiger partial charge in [-0.2, -0.15) is 0 Å². The van der Waals surface area contributed by atoms with Crippen LogP contribution in [0.2, 0.25) is 0 Å². The van der Waals surface area contributed by atoms with Crippen molar-refractivity contribution in [3.63, 3.8) is 0 Å². The highest BCUT2D eigenvalue weighted by molar-refractivity contribution is 7.21. The number of rotatable bonds is 7. The fourth-order valence-corrected chi connectivity index (χ4v) is 14.3. The molecule has 11 rings (SSSR count). The van der Waals surface area contributed by atoms with Gasteiger partial charge in [0.2, 0.25) is 0 Å². The number of hydrogen-bond donors (Lipinski definition) is 0. The molecule has 0 aliphatic carbocycles. The second-order valence-corrected chi connectivity index (χ2v) is 18.6. The number of anilines is 6. The first kappa shape index (κ1) is 33.9. The molecule has 3 nitrogen and oxygen atoms in total. The second kappa shape index (κ2) is 14.0. The minimum atomic E-state index is -2.86. The zero-order valence-corrected chi connectivity index (χ0v) is 32.7. The number of fused-ring (bicyclic) bond motifs is 5. The summed E-state index contributed by atoms with van der Waals surface area (Å²) in [7, 11) is -2.86. The van der Waals surface area contributed by atoms with Crippen molar-refractivity contribution in [3.05, 3.63) is 231 Å². The van der Waals surface area contributed by atoms with Crippen LogP contribution in [0.1, 0.15) is 0 Å². The van der Waals surface area contributed by atoms with E-state index in [0.717, 1.165) is 44.7 Å². The predicted octanol–water partition coefficient (Wildman–Crippen LogP) is 11.9. The van der Waals surface area contributed by atoms with Crippen LogP contribution in [0, 0.1) is 0 Å². The average Bonchev–Trinajstić information content (AvgIpc) is 3.69. The van der Waals surface area contributed by atoms with Gasteiger partial charge in [-0.25, -0.2) is 0 Å². The molecule has 0 saturated carbocycles. The molecule has 58 heavy (non-hydrogen) atoms. The zero-order chi connectivity index (χ0) is 38.5. The van der Waals surface area contributed by atoms with E-state index in [0.29, 0.717) is 0 Å². The Bertz CT molecular complexity index is 3020. The summed E-state index contributed by atoms with van der Waals surface area (Å²) in [6.45, 7) is 0. The molecule has 10 aromatic rings. The number of furan rings is 1. The lowest BCUT2D eigenvalue weighted by atomic mass is 10.0. The van der Waals surface area contributed by atoms with Crippen LogP contribution in [0.15, 0.2) is 235 Å². The Labute approximate surface area is 339 Å². The van der Waals surface area contributed by atoms with Crippen molar-refractivity contribution in [2.75, 3.05) is 9.80 Å². The standard InChI is InChI=1S/C54H38N2OSi/c1-5-18-39(19-6-1)40-32-34-42(35-33-40)55(48-28-17-30-51-54(48)46-26-13-15-29-50(46)57-51)43-36-37-53-49(38-43)56(41-20-7-2-8-21-41)47-27-14-16-31-52(47)58(53,44-22-9-3-10-23-44)45-24-11-4-12-25-45/h1-38H. The Morgan fingerprint density at radius 1 is 0.397 bits per heavy atom. The van der Waals surface area contributed by atoms with Crippen molar-refractivity contribution in [2.45, 2.75) is 0 Å². The monoisotopic (exact) mass is 758 g/mol. The van der Waals surface area contributed by atoms with Gasteiger partial charge in [-0.1, -0.05) is 170 Å². The van der Waals surface area contributed by atoms with Crippen molar-refractivity contribution in [3.8, 4) is 11.1 Å². The second-order valence-electron chi connectivity index (χ2n) is 14.9. The summed E-state index contributed by atoms with van der Waals surface area (Å²) < 4.78 is 6.49. The zero-order valence-electron chi connectivity index (χ0n) is 31.7. The number of nitrogens with zero attached hydrogens (tertiary/aromatic N) is 2. The topological polar surface area (TPSA) is 19.6 Å². The smallest absolute Gasteiger partial charge is 0.184 e. The average molecular weight is 759 g/mol. The first-order chi connectivity index (χ1) is 28.8. The maximum Gasteiger partial charge on any atom is 0.184 e. The highest BCUT2D eigenvalue weighted by atomic mass is 28.3. The molecule has 274 valence electrons. The van der Waals surface area contributed by atoms with Crippen molar-refractivity contribution in [2.24, 2.45) is 0 Å². The summed E-state index contributed by atoms with van der Waals surface area (Å²) >= 11 is 0. The van der Waals surface area contributed by atoms with E-state index in [-0.39, 0.29) is 0 Å². The summed E-state index contributed by atoms with van der Waals surface area (Å²) in [5.74, 6) is 0. The van der Waals surface area contributed by atoms with Crippen LogP contribution in [-0.2, 0) is 0 Å². The molecule has 0 spiro atoms.